The van der Waals surface area contributed by atoms with Crippen LogP contribution in [-0.2, 0) is 14.2 Å². The van der Waals surface area contributed by atoms with Crippen LogP contribution in [0.15, 0.2) is 0 Å². The summed E-state index contributed by atoms with van der Waals surface area (Å²) in [6.45, 7) is 1.61. The van der Waals surface area contributed by atoms with Gasteiger partial charge in [0.2, 0.25) is 0 Å². The summed E-state index contributed by atoms with van der Waals surface area (Å²) in [5.41, 5.74) is 5.77. The van der Waals surface area contributed by atoms with Gasteiger partial charge in [-0.2, -0.15) is 0 Å². The van der Waals surface area contributed by atoms with E-state index in [-0.39, 0.29) is 24.9 Å². The normalized spacial score (nSPS) is 25.4. The van der Waals surface area contributed by atoms with E-state index in [2.05, 4.69) is 0 Å². The number of ether oxygens (including phenoxy) is 3. The molecule has 1 aliphatic rings. The average Bonchev–Trinajstić information content (AvgIpc) is 2.72. The molecule has 0 aromatic rings. The molecule has 5 heteroatoms. The molecule has 1 heterocycles. The summed E-state index contributed by atoms with van der Waals surface area (Å²) in [7, 11) is 1.58. The van der Waals surface area contributed by atoms with E-state index in [1.54, 1.807) is 7.11 Å². The zero-order chi connectivity index (χ0) is 11.1. The molecule has 3 atom stereocenters. The Kier molecular flexibility index (Phi) is 6.12. The molecule has 1 rings (SSSR count). The van der Waals surface area contributed by atoms with Gasteiger partial charge in [-0.15, -0.1) is 0 Å². The Morgan fingerprint density at radius 1 is 1.60 bits per heavy atom. The van der Waals surface area contributed by atoms with Crippen molar-refractivity contribution >= 4 is 0 Å². The molecule has 0 amide bonds. The van der Waals surface area contributed by atoms with Crippen molar-refractivity contribution in [3.05, 3.63) is 0 Å². The Hall–Kier alpha value is -0.200. The molecular weight excluding hydrogens is 198 g/mol. The molecule has 0 spiro atoms. The van der Waals surface area contributed by atoms with E-state index in [0.717, 1.165) is 19.4 Å². The third-order valence-electron chi connectivity index (χ3n) is 2.54. The SMILES string of the molecule is COCC(N)C(CO)OCC1CCCO1. The van der Waals surface area contributed by atoms with E-state index >= 15 is 0 Å². The van der Waals surface area contributed by atoms with Gasteiger partial charge in [0.25, 0.3) is 0 Å². The largest absolute Gasteiger partial charge is 0.394 e. The van der Waals surface area contributed by atoms with Gasteiger partial charge in [-0.25, -0.2) is 0 Å². The lowest BCUT2D eigenvalue weighted by atomic mass is 10.2. The minimum absolute atomic E-state index is 0.0861. The summed E-state index contributed by atoms with van der Waals surface area (Å²) in [4.78, 5) is 0. The van der Waals surface area contributed by atoms with E-state index in [9.17, 15) is 0 Å². The zero-order valence-corrected chi connectivity index (χ0v) is 9.22. The molecule has 0 aliphatic carbocycles. The van der Waals surface area contributed by atoms with Gasteiger partial charge in [0.1, 0.15) is 0 Å². The van der Waals surface area contributed by atoms with Gasteiger partial charge in [0.15, 0.2) is 0 Å². The Labute approximate surface area is 90.5 Å². The molecule has 15 heavy (non-hydrogen) atoms. The van der Waals surface area contributed by atoms with Crippen LogP contribution in [-0.4, -0.2) is 56.9 Å². The second-order valence-electron chi connectivity index (χ2n) is 3.81. The lowest BCUT2D eigenvalue weighted by molar-refractivity contribution is -0.0568. The third-order valence-corrected chi connectivity index (χ3v) is 2.54. The molecule has 1 aliphatic heterocycles. The zero-order valence-electron chi connectivity index (χ0n) is 9.22. The highest BCUT2D eigenvalue weighted by Crippen LogP contribution is 2.13. The van der Waals surface area contributed by atoms with Crippen LogP contribution >= 0.6 is 0 Å². The first-order valence-electron chi connectivity index (χ1n) is 5.36. The quantitative estimate of drug-likeness (QED) is 0.605. The molecular formula is C10H21NO4. The van der Waals surface area contributed by atoms with Crippen LogP contribution in [0.3, 0.4) is 0 Å². The number of rotatable bonds is 7. The first kappa shape index (κ1) is 12.9. The van der Waals surface area contributed by atoms with Crippen LogP contribution < -0.4 is 5.73 Å². The Morgan fingerprint density at radius 2 is 2.40 bits per heavy atom. The van der Waals surface area contributed by atoms with Gasteiger partial charge in [0, 0.05) is 13.7 Å². The number of methoxy groups -OCH3 is 1. The lowest BCUT2D eigenvalue weighted by Gasteiger charge is -2.23. The average molecular weight is 219 g/mol. The fourth-order valence-corrected chi connectivity index (χ4v) is 1.62. The van der Waals surface area contributed by atoms with Crippen molar-refractivity contribution in [1.29, 1.82) is 0 Å². The van der Waals surface area contributed by atoms with Crippen molar-refractivity contribution in [2.75, 3.05) is 33.5 Å². The third kappa shape index (κ3) is 4.44. The molecule has 90 valence electrons. The lowest BCUT2D eigenvalue weighted by Crippen LogP contribution is -2.43. The summed E-state index contributed by atoms with van der Waals surface area (Å²) < 4.78 is 15.8. The molecule has 0 radical (unpaired) electrons. The van der Waals surface area contributed by atoms with E-state index in [1.807, 2.05) is 0 Å². The number of aliphatic hydroxyl groups excluding tert-OH is 1. The number of hydrogen-bond acceptors (Lipinski definition) is 5. The van der Waals surface area contributed by atoms with E-state index < -0.39 is 0 Å². The summed E-state index contributed by atoms with van der Waals surface area (Å²) in [6, 6.07) is -0.290. The fraction of sp³-hybridized carbons (Fsp3) is 1.00. The molecule has 1 saturated heterocycles. The maximum Gasteiger partial charge on any atom is 0.0979 e. The van der Waals surface area contributed by atoms with Crippen LogP contribution in [0.5, 0.6) is 0 Å². The molecule has 0 aromatic heterocycles. The monoisotopic (exact) mass is 219 g/mol. The van der Waals surface area contributed by atoms with Crippen molar-refractivity contribution in [1.82, 2.24) is 0 Å². The number of aliphatic hydroxyl groups is 1. The van der Waals surface area contributed by atoms with Gasteiger partial charge in [-0.05, 0) is 12.8 Å². The van der Waals surface area contributed by atoms with Crippen LogP contribution in [0.1, 0.15) is 12.8 Å². The van der Waals surface area contributed by atoms with Gasteiger partial charge >= 0.3 is 0 Å². The first-order chi connectivity index (χ1) is 7.27. The molecule has 0 aromatic carbocycles. The van der Waals surface area contributed by atoms with Crippen molar-refractivity contribution in [3.63, 3.8) is 0 Å². The van der Waals surface area contributed by atoms with Crippen molar-refractivity contribution in [2.24, 2.45) is 5.73 Å². The van der Waals surface area contributed by atoms with Crippen LogP contribution in [0.2, 0.25) is 0 Å². The molecule has 0 saturated carbocycles. The summed E-state index contributed by atoms with van der Waals surface area (Å²) >= 11 is 0. The maximum atomic E-state index is 9.10. The minimum atomic E-state index is -0.367. The summed E-state index contributed by atoms with van der Waals surface area (Å²) in [5.74, 6) is 0. The second kappa shape index (κ2) is 7.14. The smallest absolute Gasteiger partial charge is 0.0979 e. The van der Waals surface area contributed by atoms with Gasteiger partial charge < -0.3 is 25.1 Å². The highest BCUT2D eigenvalue weighted by molar-refractivity contribution is 4.73. The van der Waals surface area contributed by atoms with Crippen LogP contribution in [0.25, 0.3) is 0 Å². The number of nitrogens with two attached hydrogens (primary N) is 1. The summed E-state index contributed by atoms with van der Waals surface area (Å²) in [5, 5.41) is 9.10. The van der Waals surface area contributed by atoms with Crippen molar-refractivity contribution in [3.8, 4) is 0 Å². The Bertz CT molecular complexity index is 162. The molecule has 3 unspecified atom stereocenters. The Balaban J connectivity index is 2.19. The standard InChI is InChI=1S/C10H21NO4/c1-13-7-9(11)10(5-12)15-6-8-3-2-4-14-8/h8-10,12H,2-7,11H2,1H3. The van der Waals surface area contributed by atoms with Gasteiger partial charge in [0.05, 0.1) is 38.1 Å². The Morgan fingerprint density at radius 3 is 2.93 bits per heavy atom. The minimum Gasteiger partial charge on any atom is -0.394 e. The predicted molar refractivity (Wildman–Crippen MR) is 55.7 cm³/mol. The predicted octanol–water partition coefficient (Wildman–Crippen LogP) is -0.483. The van der Waals surface area contributed by atoms with E-state index in [1.165, 1.54) is 0 Å². The topological polar surface area (TPSA) is 73.9 Å². The summed E-state index contributed by atoms with van der Waals surface area (Å²) in [6.07, 6.45) is 1.91. The molecule has 5 nitrogen and oxygen atoms in total. The molecule has 1 fully saturated rings. The maximum absolute atomic E-state index is 9.10. The van der Waals surface area contributed by atoms with Gasteiger partial charge in [-0.3, -0.25) is 0 Å². The van der Waals surface area contributed by atoms with E-state index in [4.69, 9.17) is 25.1 Å². The van der Waals surface area contributed by atoms with Gasteiger partial charge in [-0.1, -0.05) is 0 Å². The highest BCUT2D eigenvalue weighted by atomic mass is 16.5. The van der Waals surface area contributed by atoms with Crippen LogP contribution in [0.4, 0.5) is 0 Å². The molecule has 0 bridgehead atoms. The molecule has 3 N–H and O–H groups in total. The fourth-order valence-electron chi connectivity index (χ4n) is 1.62. The highest BCUT2D eigenvalue weighted by Gasteiger charge is 2.21. The van der Waals surface area contributed by atoms with Crippen LogP contribution in [0, 0.1) is 0 Å². The van der Waals surface area contributed by atoms with Crippen molar-refractivity contribution < 1.29 is 19.3 Å². The van der Waals surface area contributed by atoms with E-state index in [0.29, 0.717) is 13.2 Å². The second-order valence-corrected chi connectivity index (χ2v) is 3.81. The van der Waals surface area contributed by atoms with Crippen molar-refractivity contribution in [2.45, 2.75) is 31.1 Å². The first-order valence-corrected chi connectivity index (χ1v) is 5.36. The number of hydrogen-bond donors (Lipinski definition) is 2.